The summed E-state index contributed by atoms with van der Waals surface area (Å²) in [5, 5.41) is 14.3. The molecule has 0 saturated heterocycles. The first-order valence-corrected chi connectivity index (χ1v) is 34.8. The van der Waals surface area contributed by atoms with E-state index < -0.39 is 0 Å². The molecule has 9 heterocycles. The van der Waals surface area contributed by atoms with Crippen LogP contribution >= 0.6 is 0 Å². The molecule has 8 unspecified atom stereocenters. The maximum atomic E-state index is 10.1. The van der Waals surface area contributed by atoms with Gasteiger partial charge in [0.25, 0.3) is 0 Å². The Balaban J connectivity index is 0.000000429. The third-order valence-electron chi connectivity index (χ3n) is 18.2. The van der Waals surface area contributed by atoms with Crippen molar-refractivity contribution >= 4 is 11.2 Å². The zero-order chi connectivity index (χ0) is 69.3. The standard InChI is InChI=1S/C21H28N5.C17H23NO2.C15H21N4.C13H16N3.C12H14N3.3Ir.Ni.Pd/c1-5-8-15(4)18-12-24-19(13-23-18)26-14-25-20-17(10-11-22-21(20)26)16(7-3)9-6-2;1-5-11(3)16-15(13-9-7-8-10-14(13)19)18-17(20-16)12(4)6-2;1-5-11(3)13-7-17-15(8-16-13)19-9-14(18-10-19)12(4)6-2;1-10(2)11(3)13-14-9-15-16(13)12-7-5-4-6-8-12;1-3-10(2)12-14-8-9-15(12)11-6-4-5-7-13-11;;;;;/h10-13,15-16H,5-9H2,1-4H3;7-12,19H,5-6H2,1-4H3;7-9,11-12H,5-6H2,1-4H3;4-7,9-11H,1-3H3;4-8,10H,3H2,1-2H3;;;;;/q-1;;3*-1;;;;;. The second-order valence-electron chi connectivity index (χ2n) is 25.3. The fourth-order valence-electron chi connectivity index (χ4n) is 10.5. The summed E-state index contributed by atoms with van der Waals surface area (Å²) in [6, 6.07) is 26.2. The van der Waals surface area contributed by atoms with Crippen molar-refractivity contribution in [1.29, 1.82) is 0 Å². The topological polar surface area (TPSA) is 208 Å². The molecule has 557 valence electrons. The van der Waals surface area contributed by atoms with Crippen molar-refractivity contribution in [2.75, 3.05) is 0 Å². The molecule has 0 aliphatic rings. The molecule has 1 N–H and O–H groups in total. The van der Waals surface area contributed by atoms with Crippen molar-refractivity contribution in [2.45, 2.75) is 229 Å². The molecule has 0 spiro atoms. The zero-order valence-electron chi connectivity index (χ0n) is 61.5. The largest absolute Gasteiger partial charge is 0.507 e. The van der Waals surface area contributed by atoms with E-state index in [0.29, 0.717) is 47.2 Å². The maximum absolute atomic E-state index is 10.1. The predicted molar refractivity (Wildman–Crippen MR) is 383 cm³/mol. The second kappa shape index (κ2) is 46.7. The van der Waals surface area contributed by atoms with Crippen LogP contribution in [0.3, 0.4) is 0 Å². The van der Waals surface area contributed by atoms with Crippen molar-refractivity contribution in [3.8, 4) is 40.1 Å². The van der Waals surface area contributed by atoms with Crippen LogP contribution in [0.4, 0.5) is 0 Å². The SMILES string of the molecule is CC(C)C(C)c1ncnn1-c1[c-]cccc1.CCC(C)c1cn(-c2cnc(C(C)CC)cn2)[c-]n1.CCC(C)c1nc(-c2ccccc2O)c(C(C)CC)o1.CCC(C)c1nc[c-]n1-c1ccccn1.CCCC(C)c1cnc(-n2[c-]nc3c(C(CC)CCC)ccnc32)cn1.[Ir].[Ir].[Ir].[Ni].[Pd]. The third kappa shape index (κ3) is 24.9. The molecule has 9 aromatic heterocycles. The number of hydrogen-bond acceptors (Lipinski definition) is 14. The summed E-state index contributed by atoms with van der Waals surface area (Å²) in [5.74, 6) is 10.1. The first-order chi connectivity index (χ1) is 46.4. The summed E-state index contributed by atoms with van der Waals surface area (Å²) in [7, 11) is 0. The van der Waals surface area contributed by atoms with Crippen LogP contribution in [-0.4, -0.2) is 83.4 Å². The number of phenols is 1. The Kier molecular flexibility index (Phi) is 42.1. The Bertz CT molecular complexity index is 4020. The molecule has 101 heavy (non-hydrogen) atoms. The van der Waals surface area contributed by atoms with E-state index in [1.54, 1.807) is 37.2 Å². The van der Waals surface area contributed by atoms with Crippen molar-refractivity contribution in [3.05, 3.63) is 200 Å². The molecule has 2 aromatic carbocycles. The molecule has 11 rings (SSSR count). The van der Waals surface area contributed by atoms with Crippen molar-refractivity contribution in [2.24, 2.45) is 5.92 Å². The molecule has 23 heteroatoms. The van der Waals surface area contributed by atoms with Crippen LogP contribution in [0.2, 0.25) is 0 Å². The molecule has 0 bridgehead atoms. The van der Waals surface area contributed by atoms with Crippen molar-refractivity contribution < 1.29 is 107 Å². The molecular formula is C78H102Ir3N16NiO2Pd-4. The van der Waals surface area contributed by atoms with Gasteiger partial charge in [-0.1, -0.05) is 191 Å². The van der Waals surface area contributed by atoms with Crippen LogP contribution in [0, 0.1) is 30.8 Å². The number of rotatable bonds is 24. The van der Waals surface area contributed by atoms with E-state index in [1.807, 2.05) is 104 Å². The molecule has 0 aliphatic carbocycles. The number of fused-ring (bicyclic) bond motifs is 1. The molecule has 8 atom stereocenters. The predicted octanol–water partition coefficient (Wildman–Crippen LogP) is 19.2. The van der Waals surface area contributed by atoms with Gasteiger partial charge in [-0.25, -0.2) is 14.6 Å². The summed E-state index contributed by atoms with van der Waals surface area (Å²) in [5.41, 5.74) is 8.59. The van der Waals surface area contributed by atoms with Gasteiger partial charge < -0.3 is 43.2 Å². The van der Waals surface area contributed by atoms with Gasteiger partial charge in [-0.15, -0.1) is 6.07 Å². The van der Waals surface area contributed by atoms with Gasteiger partial charge in [-0.05, 0) is 116 Å². The molecule has 18 nitrogen and oxygen atoms in total. The number of phenolic OH excluding ortho intramolecular Hbond substituents is 1. The molecule has 0 saturated carbocycles. The Hall–Kier alpha value is -5.96. The second-order valence-corrected chi connectivity index (χ2v) is 25.3. The number of imidazole rings is 3. The van der Waals surface area contributed by atoms with Crippen LogP contribution in [-0.2, 0) is 97.2 Å². The maximum Gasteiger partial charge on any atom is 0.197 e. The number of pyridine rings is 2. The summed E-state index contributed by atoms with van der Waals surface area (Å²) >= 11 is 0. The normalized spacial score (nSPS) is 13.0. The van der Waals surface area contributed by atoms with Crippen LogP contribution < -0.4 is 0 Å². The van der Waals surface area contributed by atoms with Crippen LogP contribution in [0.25, 0.3) is 45.6 Å². The van der Waals surface area contributed by atoms with E-state index in [4.69, 9.17) is 4.42 Å². The van der Waals surface area contributed by atoms with E-state index in [0.717, 1.165) is 144 Å². The number of aromatic nitrogens is 16. The van der Waals surface area contributed by atoms with Gasteiger partial charge in [-0.2, -0.15) is 29.4 Å². The number of benzene rings is 2. The summed E-state index contributed by atoms with van der Waals surface area (Å²) in [6.45, 7) is 36.8. The van der Waals surface area contributed by atoms with E-state index in [-0.39, 0.29) is 115 Å². The Morgan fingerprint density at radius 2 is 1.17 bits per heavy atom. The monoisotopic (exact) mass is 2040 g/mol. The molecule has 0 fully saturated rings. The molecule has 11 aromatic rings. The number of aromatic hydroxyl groups is 1. The minimum absolute atomic E-state index is 0. The van der Waals surface area contributed by atoms with Gasteiger partial charge in [0.15, 0.2) is 5.89 Å². The Morgan fingerprint density at radius 3 is 1.75 bits per heavy atom. The molecule has 0 amide bonds. The van der Waals surface area contributed by atoms with Gasteiger partial charge in [0.05, 0.1) is 23.0 Å². The zero-order valence-corrected chi connectivity index (χ0v) is 71.3. The Morgan fingerprint density at radius 1 is 0.535 bits per heavy atom. The summed E-state index contributed by atoms with van der Waals surface area (Å²) in [6.07, 6.45) is 36.2. The number of nitrogens with zero attached hydrogens (tertiary/aromatic N) is 16. The van der Waals surface area contributed by atoms with E-state index >= 15 is 0 Å². The third-order valence-corrected chi connectivity index (χ3v) is 18.2. The summed E-state index contributed by atoms with van der Waals surface area (Å²) < 4.78 is 13.4. The van der Waals surface area contributed by atoms with Gasteiger partial charge in [0.1, 0.15) is 29.4 Å². The van der Waals surface area contributed by atoms with Gasteiger partial charge in [0, 0.05) is 188 Å². The van der Waals surface area contributed by atoms with E-state index in [9.17, 15) is 5.11 Å². The van der Waals surface area contributed by atoms with Crippen molar-refractivity contribution in [3.63, 3.8) is 0 Å². The van der Waals surface area contributed by atoms with Crippen molar-refractivity contribution in [1.82, 2.24) is 78.3 Å². The molecule has 3 radical (unpaired) electrons. The Labute approximate surface area is 665 Å². The van der Waals surface area contributed by atoms with Crippen LogP contribution in [0.5, 0.6) is 5.75 Å². The fourth-order valence-corrected chi connectivity index (χ4v) is 10.5. The number of oxazole rings is 1. The van der Waals surface area contributed by atoms with Crippen LogP contribution in [0.15, 0.2) is 133 Å². The average Bonchev–Trinajstić information content (AvgIpc) is 1.67. The average molecular weight is 2040 g/mol. The van der Waals surface area contributed by atoms with Crippen LogP contribution in [0.1, 0.15) is 275 Å². The molecule has 0 aliphatic heterocycles. The summed E-state index contributed by atoms with van der Waals surface area (Å²) in [4.78, 5) is 49.1. The van der Waals surface area contributed by atoms with Gasteiger partial charge in [0.2, 0.25) is 0 Å². The number of hydrogen-bond donors (Lipinski definition) is 1. The van der Waals surface area contributed by atoms with E-state index in [1.165, 1.54) is 5.56 Å². The van der Waals surface area contributed by atoms with E-state index in [2.05, 4.69) is 209 Å². The molecular weight excluding hydrogens is 1930 g/mol. The first kappa shape index (κ1) is 91.1. The quantitative estimate of drug-likeness (QED) is 0.0441. The minimum atomic E-state index is 0. The van der Waals surface area contributed by atoms with Gasteiger partial charge in [-0.3, -0.25) is 24.9 Å². The first-order valence-electron chi connectivity index (χ1n) is 34.8. The number of para-hydroxylation sites is 2. The van der Waals surface area contributed by atoms with Gasteiger partial charge >= 0.3 is 0 Å². The smallest absolute Gasteiger partial charge is 0.197 e. The minimum Gasteiger partial charge on any atom is -0.507 e. The fraction of sp³-hybridized carbons (Fsp3) is 0.462.